The summed E-state index contributed by atoms with van der Waals surface area (Å²) in [4.78, 5) is 0. The van der Waals surface area contributed by atoms with Crippen LogP contribution in [0.5, 0.6) is 0 Å². The van der Waals surface area contributed by atoms with Crippen molar-refractivity contribution in [3.05, 3.63) is 34.3 Å². The molecule has 0 aromatic heterocycles. The highest BCUT2D eigenvalue weighted by atomic mass is 79.9. The molecule has 0 amide bonds. The maximum Gasteiger partial charge on any atom is 0.275 e. The van der Waals surface area contributed by atoms with Gasteiger partial charge in [0.25, 0.3) is 5.92 Å². The van der Waals surface area contributed by atoms with E-state index < -0.39 is 5.92 Å². The monoisotopic (exact) mass is 263 g/mol. The number of nitrogens with one attached hydrogen (secondary N) is 1. The highest BCUT2D eigenvalue weighted by Crippen LogP contribution is 2.35. The SMILES string of the molecule is CNCCC(F)(F)c1ccccc1Br. The number of rotatable bonds is 4. The fraction of sp³-hybridized carbons (Fsp3) is 0.400. The van der Waals surface area contributed by atoms with E-state index in [0.717, 1.165) is 0 Å². The Labute approximate surface area is 90.6 Å². The van der Waals surface area contributed by atoms with Crippen LogP contribution in [-0.4, -0.2) is 13.6 Å². The molecule has 0 saturated carbocycles. The van der Waals surface area contributed by atoms with E-state index in [9.17, 15) is 8.78 Å². The molecule has 0 atom stereocenters. The third-order valence-electron chi connectivity index (χ3n) is 1.96. The lowest BCUT2D eigenvalue weighted by Crippen LogP contribution is -2.21. The van der Waals surface area contributed by atoms with Crippen LogP contribution >= 0.6 is 15.9 Å². The van der Waals surface area contributed by atoms with Crippen molar-refractivity contribution in [2.24, 2.45) is 0 Å². The van der Waals surface area contributed by atoms with Crippen LogP contribution in [0.25, 0.3) is 0 Å². The van der Waals surface area contributed by atoms with Crippen LogP contribution < -0.4 is 5.32 Å². The molecule has 0 fully saturated rings. The molecular formula is C10H12BrF2N. The van der Waals surface area contributed by atoms with Crippen molar-refractivity contribution in [1.82, 2.24) is 5.32 Å². The molecule has 1 nitrogen and oxygen atoms in total. The molecule has 1 rings (SSSR count). The molecule has 4 heteroatoms. The summed E-state index contributed by atoms with van der Waals surface area (Å²) in [5.41, 5.74) is 0.0512. The summed E-state index contributed by atoms with van der Waals surface area (Å²) in [5.74, 6) is -2.77. The second kappa shape index (κ2) is 4.84. The van der Waals surface area contributed by atoms with Crippen LogP contribution in [0.1, 0.15) is 12.0 Å². The Hall–Kier alpha value is -0.480. The zero-order chi connectivity index (χ0) is 10.6. The van der Waals surface area contributed by atoms with E-state index in [1.807, 2.05) is 0 Å². The fourth-order valence-electron chi connectivity index (χ4n) is 1.17. The molecule has 1 N–H and O–H groups in total. The Morgan fingerprint density at radius 1 is 1.36 bits per heavy atom. The molecule has 0 aliphatic heterocycles. The molecule has 1 aromatic rings. The number of halogens is 3. The first-order valence-corrected chi connectivity index (χ1v) is 5.14. The number of alkyl halides is 2. The Balaban J connectivity index is 2.86. The molecular weight excluding hydrogens is 252 g/mol. The predicted octanol–water partition coefficient (Wildman–Crippen LogP) is 3.15. The van der Waals surface area contributed by atoms with Crippen LogP contribution in [0.4, 0.5) is 8.78 Å². The first-order chi connectivity index (χ1) is 6.58. The van der Waals surface area contributed by atoms with E-state index in [0.29, 0.717) is 11.0 Å². The van der Waals surface area contributed by atoms with Gasteiger partial charge >= 0.3 is 0 Å². The zero-order valence-corrected chi connectivity index (χ0v) is 9.44. The van der Waals surface area contributed by atoms with Crippen molar-refractivity contribution in [1.29, 1.82) is 0 Å². The molecule has 0 unspecified atom stereocenters. The maximum atomic E-state index is 13.5. The minimum atomic E-state index is -2.77. The van der Waals surface area contributed by atoms with Crippen LogP contribution in [0.3, 0.4) is 0 Å². The van der Waals surface area contributed by atoms with E-state index in [1.54, 1.807) is 25.2 Å². The van der Waals surface area contributed by atoms with Crippen LogP contribution in [0.2, 0.25) is 0 Å². The second-order valence-electron chi connectivity index (χ2n) is 3.04. The van der Waals surface area contributed by atoms with Gasteiger partial charge in [0.05, 0.1) is 0 Å². The summed E-state index contributed by atoms with van der Waals surface area (Å²) < 4.78 is 27.5. The highest BCUT2D eigenvalue weighted by Gasteiger charge is 2.32. The van der Waals surface area contributed by atoms with E-state index in [2.05, 4.69) is 21.2 Å². The van der Waals surface area contributed by atoms with Gasteiger partial charge in [-0.2, -0.15) is 0 Å². The Kier molecular flexibility index (Phi) is 4.01. The summed E-state index contributed by atoms with van der Waals surface area (Å²) in [6.07, 6.45) is -0.188. The molecule has 0 aliphatic carbocycles. The van der Waals surface area contributed by atoms with Gasteiger partial charge in [-0.05, 0) is 13.1 Å². The average Bonchev–Trinajstić information content (AvgIpc) is 2.15. The van der Waals surface area contributed by atoms with Crippen molar-refractivity contribution in [2.45, 2.75) is 12.3 Å². The molecule has 1 aromatic carbocycles. The van der Waals surface area contributed by atoms with Gasteiger partial charge in [0.15, 0.2) is 0 Å². The molecule has 0 heterocycles. The summed E-state index contributed by atoms with van der Waals surface area (Å²) >= 11 is 3.12. The van der Waals surface area contributed by atoms with Crippen LogP contribution in [0, 0.1) is 0 Å². The van der Waals surface area contributed by atoms with Gasteiger partial charge in [-0.3, -0.25) is 0 Å². The largest absolute Gasteiger partial charge is 0.320 e. The minimum Gasteiger partial charge on any atom is -0.320 e. The van der Waals surface area contributed by atoms with Gasteiger partial charge in [0.1, 0.15) is 0 Å². The van der Waals surface area contributed by atoms with Gasteiger partial charge in [-0.25, -0.2) is 8.78 Å². The molecule has 0 aliphatic rings. The van der Waals surface area contributed by atoms with Gasteiger partial charge in [-0.1, -0.05) is 34.1 Å². The third kappa shape index (κ3) is 2.75. The predicted molar refractivity (Wildman–Crippen MR) is 56.6 cm³/mol. The molecule has 14 heavy (non-hydrogen) atoms. The lowest BCUT2D eigenvalue weighted by molar-refractivity contribution is -0.0130. The topological polar surface area (TPSA) is 12.0 Å². The quantitative estimate of drug-likeness (QED) is 0.880. The Morgan fingerprint density at radius 2 is 2.00 bits per heavy atom. The Morgan fingerprint density at radius 3 is 2.57 bits per heavy atom. The molecule has 0 saturated heterocycles. The third-order valence-corrected chi connectivity index (χ3v) is 2.65. The van der Waals surface area contributed by atoms with Crippen molar-refractivity contribution in [3.8, 4) is 0 Å². The standard InChI is InChI=1S/C10H12BrF2N/c1-14-7-6-10(12,13)8-4-2-3-5-9(8)11/h2-5,14H,6-7H2,1H3. The van der Waals surface area contributed by atoms with Gasteiger partial charge in [-0.15, -0.1) is 0 Å². The van der Waals surface area contributed by atoms with Crippen molar-refractivity contribution in [2.75, 3.05) is 13.6 Å². The Bertz CT molecular complexity index is 302. The fourth-order valence-corrected chi connectivity index (χ4v) is 1.75. The van der Waals surface area contributed by atoms with Gasteiger partial charge < -0.3 is 5.32 Å². The van der Waals surface area contributed by atoms with Gasteiger partial charge in [0, 0.05) is 23.0 Å². The summed E-state index contributed by atoms with van der Waals surface area (Å²) in [6, 6.07) is 6.41. The van der Waals surface area contributed by atoms with E-state index in [1.165, 1.54) is 6.07 Å². The van der Waals surface area contributed by atoms with E-state index >= 15 is 0 Å². The molecule has 0 radical (unpaired) electrons. The van der Waals surface area contributed by atoms with Gasteiger partial charge in [0.2, 0.25) is 0 Å². The normalized spacial score (nSPS) is 11.7. The summed E-state index contributed by atoms with van der Waals surface area (Å²) in [7, 11) is 1.66. The first kappa shape index (κ1) is 11.6. The lowest BCUT2D eigenvalue weighted by atomic mass is 10.1. The lowest BCUT2D eigenvalue weighted by Gasteiger charge is -2.17. The van der Waals surface area contributed by atoms with Crippen LogP contribution in [0.15, 0.2) is 28.7 Å². The van der Waals surface area contributed by atoms with E-state index in [4.69, 9.17) is 0 Å². The highest BCUT2D eigenvalue weighted by molar-refractivity contribution is 9.10. The maximum absolute atomic E-state index is 13.5. The molecule has 0 bridgehead atoms. The van der Waals surface area contributed by atoms with Crippen molar-refractivity contribution in [3.63, 3.8) is 0 Å². The van der Waals surface area contributed by atoms with E-state index in [-0.39, 0.29) is 12.0 Å². The first-order valence-electron chi connectivity index (χ1n) is 4.35. The molecule has 0 spiro atoms. The minimum absolute atomic E-state index is 0.0512. The molecule has 78 valence electrons. The summed E-state index contributed by atoms with van der Waals surface area (Å²) in [5, 5.41) is 2.72. The second-order valence-corrected chi connectivity index (χ2v) is 3.89. The van der Waals surface area contributed by atoms with Crippen molar-refractivity contribution < 1.29 is 8.78 Å². The van der Waals surface area contributed by atoms with Crippen LogP contribution in [-0.2, 0) is 5.92 Å². The number of benzene rings is 1. The average molecular weight is 264 g/mol. The number of hydrogen-bond donors (Lipinski definition) is 1. The zero-order valence-electron chi connectivity index (χ0n) is 7.86. The van der Waals surface area contributed by atoms with Crippen molar-refractivity contribution >= 4 is 15.9 Å². The summed E-state index contributed by atoms with van der Waals surface area (Å²) in [6.45, 7) is 0.300. The number of hydrogen-bond acceptors (Lipinski definition) is 1. The smallest absolute Gasteiger partial charge is 0.275 e.